The van der Waals surface area contributed by atoms with Gasteiger partial charge in [0.25, 0.3) is 0 Å². The topological polar surface area (TPSA) is 82.6 Å². The molecule has 33 heavy (non-hydrogen) atoms. The lowest BCUT2D eigenvalue weighted by Gasteiger charge is -2.13. The molecule has 1 amide bonds. The molecule has 7 nitrogen and oxygen atoms in total. The Morgan fingerprint density at radius 3 is 2.48 bits per heavy atom. The molecule has 2 aromatic carbocycles. The summed E-state index contributed by atoms with van der Waals surface area (Å²) in [6, 6.07) is 16.6. The Morgan fingerprint density at radius 1 is 1.00 bits per heavy atom. The van der Waals surface area contributed by atoms with Gasteiger partial charge < -0.3 is 19.5 Å². The molecular formula is C25H21ClN3O4. The molecule has 0 saturated carbocycles. The molecule has 0 unspecified atom stereocenters. The number of halogens is 1. The second-order valence-electron chi connectivity index (χ2n) is 7.03. The molecule has 0 spiro atoms. The van der Waals surface area contributed by atoms with Crippen molar-refractivity contribution >= 4 is 34.1 Å². The minimum atomic E-state index is -0.244. The summed E-state index contributed by atoms with van der Waals surface area (Å²) in [6.07, 6.45) is 5.20. The first-order chi connectivity index (χ1) is 16.1. The Balaban J connectivity index is 1.48. The van der Waals surface area contributed by atoms with Gasteiger partial charge in [-0.25, -0.2) is 4.98 Å². The summed E-state index contributed by atoms with van der Waals surface area (Å²) in [5.41, 5.74) is 2.18. The molecule has 0 fully saturated rings. The molecule has 0 aliphatic heterocycles. The average Bonchev–Trinajstić information content (AvgIpc) is 2.84. The van der Waals surface area contributed by atoms with Crippen molar-refractivity contribution in [2.75, 3.05) is 19.5 Å². The molecule has 2 heterocycles. The monoisotopic (exact) mass is 462 g/mol. The fourth-order valence-electron chi connectivity index (χ4n) is 3.23. The number of anilines is 1. The van der Waals surface area contributed by atoms with Crippen LogP contribution in [0.5, 0.6) is 23.1 Å². The molecule has 0 bridgehead atoms. The zero-order valence-electron chi connectivity index (χ0n) is 18.0. The zero-order chi connectivity index (χ0) is 23.2. The predicted octanol–water partition coefficient (Wildman–Crippen LogP) is 5.48. The van der Waals surface area contributed by atoms with E-state index in [0.29, 0.717) is 40.3 Å². The summed E-state index contributed by atoms with van der Waals surface area (Å²) in [7, 11) is 3.12. The van der Waals surface area contributed by atoms with Crippen LogP contribution in [0.1, 0.15) is 5.56 Å². The van der Waals surface area contributed by atoms with Gasteiger partial charge >= 0.3 is 0 Å². The standard InChI is InChI=1S/C25H21ClN3O4/c1-31-22-13-18-20(14-23(22)32-2)27-11-10-21(18)33-25-19(26)12-17(15-28-25)29-24(30)9-8-16-6-4-3-5-7-16/h3-7,9-15H,8H2,1-2H3,(H,29,30). The summed E-state index contributed by atoms with van der Waals surface area (Å²) in [6.45, 7) is 0. The molecule has 0 atom stereocenters. The van der Waals surface area contributed by atoms with Crippen LogP contribution >= 0.6 is 11.6 Å². The molecule has 0 saturated heterocycles. The number of benzene rings is 2. The van der Waals surface area contributed by atoms with Gasteiger partial charge in [0.2, 0.25) is 11.8 Å². The maximum atomic E-state index is 12.2. The van der Waals surface area contributed by atoms with Crippen molar-refractivity contribution in [2.24, 2.45) is 0 Å². The number of aromatic nitrogens is 2. The Labute approximate surface area is 196 Å². The van der Waals surface area contributed by atoms with Crippen LogP contribution in [-0.2, 0) is 11.2 Å². The summed E-state index contributed by atoms with van der Waals surface area (Å²) in [4.78, 5) is 20.9. The fraction of sp³-hybridized carbons (Fsp3) is 0.120. The van der Waals surface area contributed by atoms with Crippen molar-refractivity contribution in [3.8, 4) is 23.1 Å². The summed E-state index contributed by atoms with van der Waals surface area (Å²) in [5.74, 6) is 1.57. The van der Waals surface area contributed by atoms with Gasteiger partial charge in [0.05, 0.1) is 38.0 Å². The van der Waals surface area contributed by atoms with Gasteiger partial charge in [-0.3, -0.25) is 9.78 Å². The number of methoxy groups -OCH3 is 2. The van der Waals surface area contributed by atoms with Crippen LogP contribution in [0.3, 0.4) is 0 Å². The number of nitrogens with one attached hydrogen (secondary N) is 1. The Kier molecular flexibility index (Phi) is 6.90. The van der Waals surface area contributed by atoms with Crippen LogP contribution in [-0.4, -0.2) is 30.1 Å². The third kappa shape index (κ3) is 5.32. The third-order valence-electron chi connectivity index (χ3n) is 4.85. The molecule has 0 aliphatic carbocycles. The number of carbonyl (C=O) groups is 1. The number of hydrogen-bond donors (Lipinski definition) is 1. The van der Waals surface area contributed by atoms with Crippen LogP contribution < -0.4 is 19.5 Å². The van der Waals surface area contributed by atoms with Gasteiger partial charge in [0.15, 0.2) is 11.5 Å². The van der Waals surface area contributed by atoms with Crippen molar-refractivity contribution in [2.45, 2.75) is 6.42 Å². The Hall–Kier alpha value is -3.84. The number of carbonyl (C=O) groups excluding carboxylic acids is 1. The maximum absolute atomic E-state index is 12.2. The highest BCUT2D eigenvalue weighted by Gasteiger charge is 2.14. The van der Waals surface area contributed by atoms with Crippen LogP contribution in [0.25, 0.3) is 10.9 Å². The third-order valence-corrected chi connectivity index (χ3v) is 5.13. The second-order valence-corrected chi connectivity index (χ2v) is 7.44. The lowest BCUT2D eigenvalue weighted by atomic mass is 10.1. The van der Waals surface area contributed by atoms with Gasteiger partial charge in [-0.15, -0.1) is 0 Å². The summed E-state index contributed by atoms with van der Waals surface area (Å²) < 4.78 is 16.7. The van der Waals surface area contributed by atoms with E-state index < -0.39 is 0 Å². The second kappa shape index (κ2) is 10.2. The highest BCUT2D eigenvalue weighted by Crippen LogP contribution is 2.38. The Bertz CT molecular complexity index is 1280. The number of fused-ring (bicyclic) bond motifs is 1. The van der Waals surface area contributed by atoms with Gasteiger partial charge in [-0.2, -0.15) is 0 Å². The highest BCUT2D eigenvalue weighted by atomic mass is 35.5. The van der Waals surface area contributed by atoms with E-state index in [1.54, 1.807) is 51.1 Å². The molecule has 1 N–H and O–H groups in total. The minimum Gasteiger partial charge on any atom is -0.493 e. The first kappa shape index (κ1) is 22.4. The molecular weight excluding hydrogens is 442 g/mol. The number of rotatable bonds is 8. The molecule has 2 aromatic heterocycles. The van der Waals surface area contributed by atoms with E-state index in [-0.39, 0.29) is 16.8 Å². The van der Waals surface area contributed by atoms with Crippen molar-refractivity contribution in [1.29, 1.82) is 0 Å². The highest BCUT2D eigenvalue weighted by molar-refractivity contribution is 6.32. The molecule has 1 radical (unpaired) electrons. The quantitative estimate of drug-likeness (QED) is 0.373. The maximum Gasteiger partial charge on any atom is 0.238 e. The molecule has 4 aromatic rings. The number of pyridine rings is 2. The summed E-state index contributed by atoms with van der Waals surface area (Å²) in [5, 5.41) is 3.72. The molecule has 8 heteroatoms. The zero-order valence-corrected chi connectivity index (χ0v) is 18.8. The van der Waals surface area contributed by atoms with Crippen molar-refractivity contribution < 1.29 is 19.0 Å². The SMILES string of the molecule is COc1cc2nccc(Oc3ncc(NC(=O)[CH]Cc4ccccc4)cc3Cl)c2cc1OC. The smallest absolute Gasteiger partial charge is 0.238 e. The lowest BCUT2D eigenvalue weighted by Crippen LogP contribution is -2.13. The van der Waals surface area contributed by atoms with Gasteiger partial charge in [-0.1, -0.05) is 41.9 Å². The molecule has 0 aliphatic rings. The molecule has 4 rings (SSSR count). The van der Waals surface area contributed by atoms with Crippen molar-refractivity contribution in [3.63, 3.8) is 0 Å². The van der Waals surface area contributed by atoms with E-state index in [4.69, 9.17) is 25.8 Å². The van der Waals surface area contributed by atoms with Gasteiger partial charge in [0.1, 0.15) is 10.8 Å². The van der Waals surface area contributed by atoms with Crippen molar-refractivity contribution in [1.82, 2.24) is 9.97 Å². The fourth-order valence-corrected chi connectivity index (χ4v) is 3.43. The summed E-state index contributed by atoms with van der Waals surface area (Å²) >= 11 is 6.38. The van der Waals surface area contributed by atoms with Gasteiger partial charge in [-0.05, 0) is 30.2 Å². The predicted molar refractivity (Wildman–Crippen MR) is 127 cm³/mol. The van der Waals surface area contributed by atoms with E-state index >= 15 is 0 Å². The first-order valence-electron chi connectivity index (χ1n) is 10.1. The van der Waals surface area contributed by atoms with Crippen LogP contribution in [0.2, 0.25) is 5.02 Å². The van der Waals surface area contributed by atoms with E-state index in [9.17, 15) is 4.79 Å². The largest absolute Gasteiger partial charge is 0.493 e. The van der Waals surface area contributed by atoms with E-state index in [1.807, 2.05) is 30.3 Å². The number of ether oxygens (including phenoxy) is 3. The Morgan fingerprint density at radius 2 is 1.76 bits per heavy atom. The van der Waals surface area contributed by atoms with Crippen LogP contribution in [0.4, 0.5) is 5.69 Å². The van der Waals surface area contributed by atoms with E-state index in [0.717, 1.165) is 5.56 Å². The lowest BCUT2D eigenvalue weighted by molar-refractivity contribution is -0.113. The van der Waals surface area contributed by atoms with Crippen molar-refractivity contribution in [3.05, 3.63) is 84.0 Å². The van der Waals surface area contributed by atoms with Crippen LogP contribution in [0, 0.1) is 6.42 Å². The minimum absolute atomic E-state index is 0.199. The normalized spacial score (nSPS) is 10.6. The number of nitrogens with zero attached hydrogens (tertiary/aromatic N) is 2. The van der Waals surface area contributed by atoms with E-state index in [2.05, 4.69) is 15.3 Å². The average molecular weight is 463 g/mol. The van der Waals surface area contributed by atoms with Crippen LogP contribution in [0.15, 0.2) is 67.0 Å². The number of amides is 1. The first-order valence-corrected chi connectivity index (χ1v) is 10.5. The van der Waals surface area contributed by atoms with E-state index in [1.165, 1.54) is 6.20 Å². The number of hydrogen-bond acceptors (Lipinski definition) is 6. The van der Waals surface area contributed by atoms with Gasteiger partial charge in [0, 0.05) is 17.6 Å². The molecule has 167 valence electrons.